The van der Waals surface area contributed by atoms with Crippen LogP contribution in [0.25, 0.3) is 0 Å². The van der Waals surface area contributed by atoms with E-state index in [1.165, 1.54) is 18.6 Å². The Balaban J connectivity index is 3.39. The van der Waals surface area contributed by atoms with Gasteiger partial charge in [0.15, 0.2) is 0 Å². The minimum Gasteiger partial charge on any atom is -0.355 e. The number of nitrogens with one attached hydrogen (secondary N) is 1. The smallest absolute Gasteiger partial charge is 0.233 e. The third-order valence-corrected chi connectivity index (χ3v) is 3.75. The van der Waals surface area contributed by atoms with E-state index in [1.54, 1.807) is 0 Å². The number of hydrogen-bond acceptors (Lipinski definition) is 3. The van der Waals surface area contributed by atoms with E-state index in [0.29, 0.717) is 5.92 Å². The molecule has 0 saturated carbocycles. The molecule has 1 atom stereocenters. The Morgan fingerprint density at radius 1 is 1.33 bits per heavy atom. The van der Waals surface area contributed by atoms with Crippen LogP contribution in [-0.4, -0.2) is 29.7 Å². The van der Waals surface area contributed by atoms with Gasteiger partial charge in [0.1, 0.15) is 0 Å². The second kappa shape index (κ2) is 9.40. The van der Waals surface area contributed by atoms with E-state index in [-0.39, 0.29) is 11.2 Å². The van der Waals surface area contributed by atoms with Crippen molar-refractivity contribution in [1.29, 1.82) is 0 Å². The highest BCUT2D eigenvalue weighted by atomic mass is 32.2. The van der Waals surface area contributed by atoms with Gasteiger partial charge in [0.2, 0.25) is 5.91 Å². The van der Waals surface area contributed by atoms with Crippen molar-refractivity contribution in [1.82, 2.24) is 5.32 Å². The van der Waals surface area contributed by atoms with Gasteiger partial charge in [-0.05, 0) is 30.8 Å². The van der Waals surface area contributed by atoms with Crippen molar-refractivity contribution in [2.24, 2.45) is 5.92 Å². The summed E-state index contributed by atoms with van der Waals surface area (Å²) in [7, 11) is 0. The standard InChI is InChI=1S/C11H23NOS2/c1-9(2)10(14)11(13)12-7-5-4-6-8-15-3/h9-10,14H,4-8H2,1-3H3,(H,12,13). The van der Waals surface area contributed by atoms with Gasteiger partial charge in [-0.1, -0.05) is 20.3 Å². The van der Waals surface area contributed by atoms with Crippen molar-refractivity contribution in [3.63, 3.8) is 0 Å². The topological polar surface area (TPSA) is 29.1 Å². The van der Waals surface area contributed by atoms with Crippen LogP contribution in [0.15, 0.2) is 0 Å². The Bertz CT molecular complexity index is 174. The van der Waals surface area contributed by atoms with Crippen molar-refractivity contribution in [2.75, 3.05) is 18.6 Å². The van der Waals surface area contributed by atoms with E-state index in [4.69, 9.17) is 0 Å². The second-order valence-electron chi connectivity index (χ2n) is 4.03. The van der Waals surface area contributed by atoms with Gasteiger partial charge < -0.3 is 5.32 Å². The number of rotatable bonds is 8. The molecule has 0 heterocycles. The van der Waals surface area contributed by atoms with Crippen molar-refractivity contribution in [3.05, 3.63) is 0 Å². The van der Waals surface area contributed by atoms with E-state index in [0.717, 1.165) is 13.0 Å². The number of unbranched alkanes of at least 4 members (excludes halogenated alkanes) is 2. The molecule has 4 heteroatoms. The molecule has 90 valence electrons. The first-order chi connectivity index (χ1) is 7.09. The molecule has 1 amide bonds. The summed E-state index contributed by atoms with van der Waals surface area (Å²) >= 11 is 6.14. The Morgan fingerprint density at radius 3 is 2.53 bits per heavy atom. The van der Waals surface area contributed by atoms with E-state index < -0.39 is 0 Å². The van der Waals surface area contributed by atoms with Gasteiger partial charge in [-0.3, -0.25) is 4.79 Å². The molecule has 0 saturated heterocycles. The molecule has 0 spiro atoms. The van der Waals surface area contributed by atoms with Crippen LogP contribution >= 0.6 is 24.4 Å². The third kappa shape index (κ3) is 8.03. The van der Waals surface area contributed by atoms with Gasteiger partial charge in [-0.15, -0.1) is 0 Å². The zero-order chi connectivity index (χ0) is 11.7. The summed E-state index contributed by atoms with van der Waals surface area (Å²) in [5, 5.41) is 2.75. The lowest BCUT2D eigenvalue weighted by molar-refractivity contribution is -0.121. The van der Waals surface area contributed by atoms with E-state index in [9.17, 15) is 4.79 Å². The van der Waals surface area contributed by atoms with Crippen LogP contribution in [0.4, 0.5) is 0 Å². The molecule has 0 aliphatic heterocycles. The fourth-order valence-corrected chi connectivity index (χ4v) is 1.75. The summed E-state index contributed by atoms with van der Waals surface area (Å²) in [5.74, 6) is 1.58. The molecule has 1 N–H and O–H groups in total. The Kier molecular flexibility index (Phi) is 9.51. The largest absolute Gasteiger partial charge is 0.355 e. The number of hydrogen-bond donors (Lipinski definition) is 2. The SMILES string of the molecule is CSCCCCCNC(=O)C(S)C(C)C. The number of thioether (sulfide) groups is 1. The first-order valence-electron chi connectivity index (χ1n) is 5.54. The highest BCUT2D eigenvalue weighted by Gasteiger charge is 2.16. The summed E-state index contributed by atoms with van der Waals surface area (Å²) in [6.45, 7) is 4.81. The Morgan fingerprint density at radius 2 is 2.00 bits per heavy atom. The van der Waals surface area contributed by atoms with Crippen molar-refractivity contribution < 1.29 is 4.79 Å². The van der Waals surface area contributed by atoms with Crippen LogP contribution in [-0.2, 0) is 4.79 Å². The molecule has 0 aliphatic rings. The van der Waals surface area contributed by atoms with E-state index in [1.807, 2.05) is 25.6 Å². The molecule has 0 aromatic rings. The van der Waals surface area contributed by atoms with Crippen LogP contribution in [0, 0.1) is 5.92 Å². The summed E-state index contributed by atoms with van der Waals surface area (Å²) in [6, 6.07) is 0. The van der Waals surface area contributed by atoms with E-state index >= 15 is 0 Å². The highest BCUT2D eigenvalue weighted by Crippen LogP contribution is 2.08. The maximum absolute atomic E-state index is 11.5. The van der Waals surface area contributed by atoms with Gasteiger partial charge in [0.25, 0.3) is 0 Å². The molecule has 0 radical (unpaired) electrons. The fourth-order valence-electron chi connectivity index (χ4n) is 1.17. The van der Waals surface area contributed by atoms with Crippen LogP contribution in [0.3, 0.4) is 0 Å². The van der Waals surface area contributed by atoms with Gasteiger partial charge in [0.05, 0.1) is 5.25 Å². The van der Waals surface area contributed by atoms with E-state index in [2.05, 4.69) is 24.2 Å². The number of carbonyl (C=O) groups excluding carboxylic acids is 1. The number of thiol groups is 1. The quantitative estimate of drug-likeness (QED) is 0.511. The Labute approximate surface area is 103 Å². The monoisotopic (exact) mass is 249 g/mol. The van der Waals surface area contributed by atoms with Crippen LogP contribution in [0.1, 0.15) is 33.1 Å². The minimum absolute atomic E-state index is 0.0678. The predicted molar refractivity (Wildman–Crippen MR) is 72.9 cm³/mol. The molecule has 0 aliphatic carbocycles. The van der Waals surface area contributed by atoms with Crippen LogP contribution < -0.4 is 5.32 Å². The average Bonchev–Trinajstić information content (AvgIpc) is 2.21. The molecule has 1 unspecified atom stereocenters. The third-order valence-electron chi connectivity index (χ3n) is 2.22. The van der Waals surface area contributed by atoms with Crippen molar-refractivity contribution in [3.8, 4) is 0 Å². The lowest BCUT2D eigenvalue weighted by Gasteiger charge is -2.14. The van der Waals surface area contributed by atoms with Gasteiger partial charge >= 0.3 is 0 Å². The Hall–Kier alpha value is 0.170. The van der Waals surface area contributed by atoms with Gasteiger partial charge in [0, 0.05) is 6.54 Å². The molecule has 15 heavy (non-hydrogen) atoms. The second-order valence-corrected chi connectivity index (χ2v) is 5.58. The van der Waals surface area contributed by atoms with Crippen LogP contribution in [0.5, 0.6) is 0 Å². The number of carbonyl (C=O) groups is 1. The summed E-state index contributed by atoms with van der Waals surface area (Å²) < 4.78 is 0. The van der Waals surface area contributed by atoms with Crippen molar-refractivity contribution in [2.45, 2.75) is 38.4 Å². The zero-order valence-corrected chi connectivity index (χ0v) is 11.7. The predicted octanol–water partition coefficient (Wildman–Crippen LogP) is 2.59. The first kappa shape index (κ1) is 15.2. The normalized spacial score (nSPS) is 12.9. The molecular formula is C11H23NOS2. The first-order valence-corrected chi connectivity index (χ1v) is 7.45. The average molecular weight is 249 g/mol. The lowest BCUT2D eigenvalue weighted by atomic mass is 10.1. The molecule has 0 rings (SSSR count). The lowest BCUT2D eigenvalue weighted by Crippen LogP contribution is -2.34. The molecular weight excluding hydrogens is 226 g/mol. The zero-order valence-electron chi connectivity index (χ0n) is 9.95. The molecule has 0 fully saturated rings. The number of amides is 1. The van der Waals surface area contributed by atoms with Crippen molar-refractivity contribution >= 4 is 30.3 Å². The molecule has 0 aromatic carbocycles. The van der Waals surface area contributed by atoms with Gasteiger partial charge in [-0.2, -0.15) is 24.4 Å². The summed E-state index contributed by atoms with van der Waals surface area (Å²) in [5.41, 5.74) is 0. The molecule has 0 aromatic heterocycles. The minimum atomic E-state index is -0.170. The molecule has 2 nitrogen and oxygen atoms in total. The summed E-state index contributed by atoms with van der Waals surface area (Å²) in [4.78, 5) is 11.5. The van der Waals surface area contributed by atoms with Gasteiger partial charge in [-0.25, -0.2) is 0 Å². The maximum atomic E-state index is 11.5. The maximum Gasteiger partial charge on any atom is 0.233 e. The summed E-state index contributed by atoms with van der Waals surface area (Å²) in [6.07, 6.45) is 5.63. The highest BCUT2D eigenvalue weighted by molar-refractivity contribution is 7.98. The van der Waals surface area contributed by atoms with Crippen LogP contribution in [0.2, 0.25) is 0 Å². The fraction of sp³-hybridized carbons (Fsp3) is 0.909. The molecule has 0 bridgehead atoms.